The van der Waals surface area contributed by atoms with Crippen molar-refractivity contribution in [3.63, 3.8) is 0 Å². The molecule has 13 atom stereocenters. The lowest BCUT2D eigenvalue weighted by atomic mass is 9.97. The van der Waals surface area contributed by atoms with Crippen molar-refractivity contribution in [1.29, 1.82) is 16.2 Å². The zero-order valence-electron chi connectivity index (χ0n) is 41.9. The SMILES string of the molecule is BC1CNCC(CNC(=N)N2CC(B)OC(CNC(=N)N3CC(B)OC(CNC(=N)N4CC(B)OC(Cn5cc(N6CC(B)OC(COP(=O)(N(C)C)N7CC(B)OC(CO)C7)C6)nn5)C4)C3)C2)O1. The molecule has 0 amide bonds. The van der Waals surface area contributed by atoms with Gasteiger partial charge in [0, 0.05) is 134 Å². The monoisotopic (exact) mass is 985 g/mol. The van der Waals surface area contributed by atoms with Gasteiger partial charge in [-0.1, -0.05) is 5.21 Å². The van der Waals surface area contributed by atoms with E-state index in [2.05, 4.69) is 36.5 Å². The van der Waals surface area contributed by atoms with Crippen LogP contribution in [-0.4, -0.2) is 307 Å². The molecular weight excluding hydrogens is 908 g/mol. The van der Waals surface area contributed by atoms with Crippen LogP contribution in [0.3, 0.4) is 0 Å². The number of aromatic nitrogens is 3. The first-order chi connectivity index (χ1) is 32.9. The molecule has 69 heavy (non-hydrogen) atoms. The van der Waals surface area contributed by atoms with Crippen LogP contribution in [0.5, 0.6) is 0 Å². The van der Waals surface area contributed by atoms with Crippen LogP contribution in [0.1, 0.15) is 0 Å². The minimum absolute atomic E-state index is 0.0112. The molecule has 6 saturated heterocycles. The van der Waals surface area contributed by atoms with Crippen LogP contribution in [0.25, 0.3) is 0 Å². The van der Waals surface area contributed by atoms with Gasteiger partial charge in [0.1, 0.15) is 47.1 Å². The Morgan fingerprint density at radius 2 is 1.17 bits per heavy atom. The van der Waals surface area contributed by atoms with Gasteiger partial charge in [-0.05, 0) is 14.1 Å². The Kier molecular flexibility index (Phi) is 19.1. The molecule has 32 heteroatoms. The van der Waals surface area contributed by atoms with Crippen LogP contribution in [0.4, 0.5) is 5.82 Å². The third-order valence-electron chi connectivity index (χ3n) is 13.0. The normalized spacial score (nSPS) is 33.7. The maximum absolute atomic E-state index is 14.3. The van der Waals surface area contributed by atoms with E-state index in [4.69, 9.17) is 49.2 Å². The van der Waals surface area contributed by atoms with E-state index >= 15 is 0 Å². The smallest absolute Gasteiger partial charge is 0.345 e. The van der Waals surface area contributed by atoms with E-state index in [1.54, 1.807) is 28.1 Å². The van der Waals surface area contributed by atoms with Crippen LogP contribution in [0.15, 0.2) is 6.20 Å². The van der Waals surface area contributed by atoms with Crippen molar-refractivity contribution in [2.24, 2.45) is 0 Å². The summed E-state index contributed by atoms with van der Waals surface area (Å²) in [4.78, 5) is 8.06. The summed E-state index contributed by atoms with van der Waals surface area (Å²) in [6.07, 6.45) is 0.387. The van der Waals surface area contributed by atoms with Crippen molar-refractivity contribution < 1.29 is 42.6 Å². The van der Waals surface area contributed by atoms with Crippen LogP contribution in [0.2, 0.25) is 0 Å². The number of ether oxygens (including phenoxy) is 6. The summed E-state index contributed by atoms with van der Waals surface area (Å²) >= 11 is 0. The second-order valence-electron chi connectivity index (χ2n) is 19.9. The Morgan fingerprint density at radius 3 is 1.74 bits per heavy atom. The van der Waals surface area contributed by atoms with Gasteiger partial charge >= 0.3 is 7.67 Å². The van der Waals surface area contributed by atoms with Crippen molar-refractivity contribution in [3.8, 4) is 0 Å². The Labute approximate surface area is 412 Å². The number of nitrogens with one attached hydrogen (secondary N) is 7. The van der Waals surface area contributed by atoms with E-state index in [0.29, 0.717) is 109 Å². The maximum atomic E-state index is 14.3. The number of guanidine groups is 3. The third-order valence-corrected chi connectivity index (χ3v) is 15.6. The molecule has 0 bridgehead atoms. The topological polar surface area (TPSA) is 272 Å². The fraction of sp³-hybridized carbons (Fsp3) is 0.865. The van der Waals surface area contributed by atoms with Gasteiger partial charge in [-0.25, -0.2) is 14.0 Å². The standard InChI is InChI=1S/C37H75B6N16O9P/c1-53(2)69(61,59-13-26(20-60)67-33(43)18-59)62-21-27-11-54(14-29(39)68-27)34-19-58(52-51-34)12-25-10-57(17-32(42)66-25)37(46)50-6-24-9-56(16-31(41)65-24)36(45)49-5-23-8-55(15-30(40)64-23)35(44)48-4-22-3-47-7-28(38)63-22/h19,22-33,47,60H,3-18,20-21,38-43H2,1-2H3,(H2,44,48)(H2,45,49)(H2,46,50). The number of nitrogens with zero attached hydrogens (tertiary/aromatic N) is 9. The van der Waals surface area contributed by atoms with Gasteiger partial charge < -0.3 is 78.9 Å². The molecule has 25 nitrogen and oxygen atoms in total. The van der Waals surface area contributed by atoms with Crippen molar-refractivity contribution in [1.82, 2.24) is 60.3 Å². The first-order valence-electron chi connectivity index (χ1n) is 24.7. The Morgan fingerprint density at radius 1 is 0.681 bits per heavy atom. The van der Waals surface area contributed by atoms with Gasteiger partial charge in [-0.3, -0.25) is 20.8 Å². The minimum Gasteiger partial charge on any atom is -0.394 e. The zero-order chi connectivity index (χ0) is 49.4. The molecule has 7 rings (SSSR count). The van der Waals surface area contributed by atoms with Gasteiger partial charge in [0.25, 0.3) is 0 Å². The maximum Gasteiger partial charge on any atom is 0.345 e. The lowest BCUT2D eigenvalue weighted by Gasteiger charge is -2.43. The molecule has 0 aromatic carbocycles. The summed E-state index contributed by atoms with van der Waals surface area (Å²) in [6, 6.07) is -0.505. The molecule has 0 saturated carbocycles. The number of rotatable bonds is 15. The quantitative estimate of drug-likeness (QED) is 0.0351. The Hall–Kier alpha value is -3.07. The van der Waals surface area contributed by atoms with E-state index in [1.165, 1.54) is 0 Å². The second-order valence-corrected chi connectivity index (χ2v) is 22.5. The molecule has 0 aliphatic carbocycles. The van der Waals surface area contributed by atoms with Crippen LogP contribution in [-0.2, 0) is 44.1 Å². The predicted octanol–water partition coefficient (Wildman–Crippen LogP) is -9.72. The number of aliphatic hydroxyl groups excluding tert-OH is 1. The zero-order valence-corrected chi connectivity index (χ0v) is 42.8. The summed E-state index contributed by atoms with van der Waals surface area (Å²) in [5.74, 6) is 1.63. The second kappa shape index (κ2) is 24.6. The molecule has 13 unspecified atom stereocenters. The fourth-order valence-corrected chi connectivity index (χ4v) is 12.1. The molecule has 1 aromatic rings. The number of hydrogen-bond donors (Lipinski definition) is 8. The van der Waals surface area contributed by atoms with Gasteiger partial charge in [-0.15, -0.1) is 5.10 Å². The van der Waals surface area contributed by atoms with Gasteiger partial charge in [-0.2, -0.15) is 0 Å². The van der Waals surface area contributed by atoms with E-state index in [1.807, 2.05) is 68.0 Å². The van der Waals surface area contributed by atoms with Crippen molar-refractivity contribution >= 4 is 78.4 Å². The predicted molar refractivity (Wildman–Crippen MR) is 276 cm³/mol. The summed E-state index contributed by atoms with van der Waals surface area (Å²) in [7, 11) is 12.0. The highest BCUT2D eigenvalue weighted by Crippen LogP contribution is 2.53. The molecule has 7 heterocycles. The molecule has 6 fully saturated rings. The fourth-order valence-electron chi connectivity index (χ4n) is 9.98. The number of anilines is 1. The lowest BCUT2D eigenvalue weighted by Crippen LogP contribution is -2.60. The lowest BCUT2D eigenvalue weighted by molar-refractivity contribution is -0.0579. The summed E-state index contributed by atoms with van der Waals surface area (Å²) in [5, 5.41) is 58.6. The van der Waals surface area contributed by atoms with E-state index in [9.17, 15) is 9.67 Å². The number of morpholine rings is 6. The first-order valence-corrected chi connectivity index (χ1v) is 26.2. The Balaban J connectivity index is 0.842. The van der Waals surface area contributed by atoms with E-state index in [0.717, 1.165) is 13.1 Å². The Bertz CT molecular complexity index is 1910. The summed E-state index contributed by atoms with van der Waals surface area (Å²) in [5.41, 5.74) is 0. The van der Waals surface area contributed by atoms with E-state index in [-0.39, 0.29) is 85.7 Å². The van der Waals surface area contributed by atoms with Crippen molar-refractivity contribution in [2.45, 2.75) is 79.2 Å². The minimum atomic E-state index is -3.43. The highest BCUT2D eigenvalue weighted by Gasteiger charge is 2.42. The highest BCUT2D eigenvalue weighted by atomic mass is 31.2. The van der Waals surface area contributed by atoms with Crippen LogP contribution >= 0.6 is 7.67 Å². The van der Waals surface area contributed by atoms with Crippen molar-refractivity contribution in [2.75, 3.05) is 130 Å². The van der Waals surface area contributed by atoms with Gasteiger partial charge in [0.05, 0.1) is 62.6 Å². The molecule has 6 aliphatic rings. The summed E-state index contributed by atoms with van der Waals surface area (Å²) in [6.45, 7) is 8.37. The van der Waals surface area contributed by atoms with Crippen LogP contribution in [0, 0.1) is 16.2 Å². The van der Waals surface area contributed by atoms with Crippen LogP contribution < -0.4 is 26.2 Å². The van der Waals surface area contributed by atoms with Crippen molar-refractivity contribution in [3.05, 3.63) is 6.20 Å². The largest absolute Gasteiger partial charge is 0.394 e. The molecule has 8 N–H and O–H groups in total. The van der Waals surface area contributed by atoms with E-state index < -0.39 is 13.8 Å². The molecule has 6 aliphatic heterocycles. The number of aliphatic hydroxyl groups is 1. The van der Waals surface area contributed by atoms with Gasteiger partial charge in [0.15, 0.2) is 23.7 Å². The first kappa shape index (κ1) is 53.7. The molecule has 1 aromatic heterocycles. The molecule has 0 radical (unpaired) electrons. The highest BCUT2D eigenvalue weighted by molar-refractivity contribution is 7.53. The summed E-state index contributed by atoms with van der Waals surface area (Å²) < 4.78 is 62.5. The number of hydrogen-bond acceptors (Lipinski definition) is 16. The molecular formula is C37H75B6N16O9P. The third kappa shape index (κ3) is 15.0. The average Bonchev–Trinajstić information content (AvgIpc) is 3.78. The average molecular weight is 984 g/mol. The molecule has 0 spiro atoms. The van der Waals surface area contributed by atoms with Gasteiger partial charge in [0.2, 0.25) is 0 Å². The molecule has 380 valence electrons.